The first-order valence-corrected chi connectivity index (χ1v) is 7.97. The predicted molar refractivity (Wildman–Crippen MR) is 84.1 cm³/mol. The molecular formula is C17H21N3O3. The summed E-state index contributed by atoms with van der Waals surface area (Å²) in [4.78, 5) is 14.6. The van der Waals surface area contributed by atoms with Gasteiger partial charge in [0.25, 0.3) is 0 Å². The van der Waals surface area contributed by atoms with Crippen LogP contribution in [-0.2, 0) is 17.7 Å². The Morgan fingerprint density at radius 1 is 1.26 bits per heavy atom. The summed E-state index contributed by atoms with van der Waals surface area (Å²) in [7, 11) is 0. The van der Waals surface area contributed by atoms with Gasteiger partial charge in [0.1, 0.15) is 0 Å². The minimum absolute atomic E-state index is 0.0356. The molecule has 0 aliphatic carbocycles. The van der Waals surface area contributed by atoms with Gasteiger partial charge < -0.3 is 9.15 Å². The lowest BCUT2D eigenvalue weighted by Crippen LogP contribution is -2.46. The molecule has 2 aromatic rings. The largest absolute Gasteiger partial charge is 0.424 e. The van der Waals surface area contributed by atoms with Crippen molar-refractivity contribution < 1.29 is 13.9 Å². The number of Topliss-reactive ketones (excluding diaryl/α,β-unsaturated/α-hetero) is 1. The number of hydrogen-bond donors (Lipinski definition) is 0. The van der Waals surface area contributed by atoms with Crippen LogP contribution in [-0.4, -0.2) is 46.7 Å². The first-order chi connectivity index (χ1) is 11.3. The average molecular weight is 315 g/mol. The smallest absolute Gasteiger partial charge is 0.230 e. The van der Waals surface area contributed by atoms with Crippen molar-refractivity contribution in [3.63, 3.8) is 0 Å². The first-order valence-electron chi connectivity index (χ1n) is 7.97. The van der Waals surface area contributed by atoms with Crippen molar-refractivity contribution in [1.82, 2.24) is 15.1 Å². The molecule has 0 saturated carbocycles. The van der Waals surface area contributed by atoms with Crippen LogP contribution >= 0.6 is 0 Å². The third-order valence-electron chi connectivity index (χ3n) is 4.02. The Balaban J connectivity index is 1.65. The van der Waals surface area contributed by atoms with E-state index in [0.29, 0.717) is 38.0 Å². The lowest BCUT2D eigenvalue weighted by Gasteiger charge is -2.34. The van der Waals surface area contributed by atoms with Crippen molar-refractivity contribution >= 4 is 5.78 Å². The maximum Gasteiger partial charge on any atom is 0.230 e. The minimum atomic E-state index is 0.0356. The topological polar surface area (TPSA) is 68.5 Å². The van der Waals surface area contributed by atoms with Crippen molar-refractivity contribution in [2.75, 3.05) is 19.8 Å². The SMILES string of the molecule is CCc1nnc(CN2CCOCC2CC(=O)c2ccccc2)o1. The van der Waals surface area contributed by atoms with Crippen molar-refractivity contribution in [2.24, 2.45) is 0 Å². The van der Waals surface area contributed by atoms with E-state index in [0.717, 1.165) is 18.5 Å². The highest BCUT2D eigenvalue weighted by Gasteiger charge is 2.27. The normalized spacial score (nSPS) is 18.9. The maximum atomic E-state index is 12.4. The van der Waals surface area contributed by atoms with E-state index in [9.17, 15) is 4.79 Å². The zero-order valence-electron chi connectivity index (χ0n) is 13.3. The first kappa shape index (κ1) is 15.8. The lowest BCUT2D eigenvalue weighted by atomic mass is 10.0. The molecule has 6 heteroatoms. The second-order valence-corrected chi connectivity index (χ2v) is 5.64. The van der Waals surface area contributed by atoms with E-state index < -0.39 is 0 Å². The highest BCUT2D eigenvalue weighted by molar-refractivity contribution is 5.96. The van der Waals surface area contributed by atoms with Crippen LogP contribution in [0.3, 0.4) is 0 Å². The van der Waals surface area contributed by atoms with E-state index in [1.807, 2.05) is 37.3 Å². The van der Waals surface area contributed by atoms with Gasteiger partial charge in [-0.1, -0.05) is 37.3 Å². The van der Waals surface area contributed by atoms with Crippen LogP contribution in [0.25, 0.3) is 0 Å². The van der Waals surface area contributed by atoms with Crippen LogP contribution in [0.5, 0.6) is 0 Å². The maximum absolute atomic E-state index is 12.4. The Labute approximate surface area is 135 Å². The van der Waals surface area contributed by atoms with Crippen molar-refractivity contribution in [3.05, 3.63) is 47.7 Å². The number of ether oxygens (including phenoxy) is 1. The summed E-state index contributed by atoms with van der Waals surface area (Å²) in [6.45, 7) is 4.51. The third kappa shape index (κ3) is 4.03. The van der Waals surface area contributed by atoms with Crippen LogP contribution in [0.4, 0.5) is 0 Å². The zero-order chi connectivity index (χ0) is 16.1. The molecule has 1 aliphatic heterocycles. The van der Waals surface area contributed by atoms with Gasteiger partial charge in [0.15, 0.2) is 5.78 Å². The van der Waals surface area contributed by atoms with Gasteiger partial charge in [-0.05, 0) is 0 Å². The third-order valence-corrected chi connectivity index (χ3v) is 4.02. The fourth-order valence-electron chi connectivity index (χ4n) is 2.71. The van der Waals surface area contributed by atoms with Crippen LogP contribution in [0.1, 0.15) is 35.5 Å². The summed E-state index contributed by atoms with van der Waals surface area (Å²) in [6, 6.07) is 9.41. The molecule has 1 aromatic heterocycles. The highest BCUT2D eigenvalue weighted by Crippen LogP contribution is 2.17. The molecule has 3 rings (SSSR count). The Morgan fingerprint density at radius 3 is 2.78 bits per heavy atom. The lowest BCUT2D eigenvalue weighted by molar-refractivity contribution is -0.0160. The Hall–Kier alpha value is -2.05. The van der Waals surface area contributed by atoms with Crippen molar-refractivity contribution in [1.29, 1.82) is 0 Å². The number of carbonyl (C=O) groups is 1. The fourth-order valence-corrected chi connectivity index (χ4v) is 2.71. The Kier molecular flexibility index (Phi) is 5.15. The second kappa shape index (κ2) is 7.48. The van der Waals surface area contributed by atoms with Crippen LogP contribution in [0.15, 0.2) is 34.7 Å². The summed E-state index contributed by atoms with van der Waals surface area (Å²) >= 11 is 0. The molecule has 23 heavy (non-hydrogen) atoms. The Bertz CT molecular complexity index is 642. The van der Waals surface area contributed by atoms with Crippen LogP contribution in [0.2, 0.25) is 0 Å². The van der Waals surface area contributed by atoms with E-state index in [1.54, 1.807) is 0 Å². The molecule has 0 bridgehead atoms. The molecule has 1 fully saturated rings. The zero-order valence-corrected chi connectivity index (χ0v) is 13.3. The van der Waals surface area contributed by atoms with E-state index in [4.69, 9.17) is 9.15 Å². The van der Waals surface area contributed by atoms with Gasteiger partial charge in [-0.25, -0.2) is 0 Å². The second-order valence-electron chi connectivity index (χ2n) is 5.64. The van der Waals surface area contributed by atoms with Crippen LogP contribution < -0.4 is 0 Å². The number of carbonyl (C=O) groups excluding carboxylic acids is 1. The standard InChI is InChI=1S/C17H21N3O3/c1-2-16-18-19-17(23-16)11-20-8-9-22-12-14(20)10-15(21)13-6-4-3-5-7-13/h3-7,14H,2,8-12H2,1H3. The summed E-state index contributed by atoms with van der Waals surface area (Å²) in [5, 5.41) is 8.06. The fraction of sp³-hybridized carbons (Fsp3) is 0.471. The molecule has 1 aromatic carbocycles. The van der Waals surface area contributed by atoms with Gasteiger partial charge >= 0.3 is 0 Å². The van der Waals surface area contributed by atoms with Gasteiger partial charge in [0, 0.05) is 31.0 Å². The molecule has 1 saturated heterocycles. The van der Waals surface area contributed by atoms with Gasteiger partial charge in [-0.15, -0.1) is 10.2 Å². The highest BCUT2D eigenvalue weighted by atomic mass is 16.5. The van der Waals surface area contributed by atoms with Gasteiger partial charge in [0.05, 0.1) is 19.8 Å². The summed E-state index contributed by atoms with van der Waals surface area (Å²) < 4.78 is 11.1. The van der Waals surface area contributed by atoms with Crippen molar-refractivity contribution in [3.8, 4) is 0 Å². The van der Waals surface area contributed by atoms with Crippen molar-refractivity contribution in [2.45, 2.75) is 32.4 Å². The average Bonchev–Trinajstić information content (AvgIpc) is 3.05. The van der Waals surface area contributed by atoms with E-state index in [1.165, 1.54) is 0 Å². The quantitative estimate of drug-likeness (QED) is 0.761. The molecule has 0 N–H and O–H groups in total. The van der Waals surface area contributed by atoms with Crippen LogP contribution in [0, 0.1) is 0 Å². The molecule has 1 atom stereocenters. The number of benzene rings is 1. The van der Waals surface area contributed by atoms with E-state index >= 15 is 0 Å². The number of hydrogen-bond acceptors (Lipinski definition) is 6. The number of rotatable bonds is 6. The predicted octanol–water partition coefficient (Wildman–Crippen LogP) is 2.11. The molecule has 1 unspecified atom stereocenters. The molecule has 6 nitrogen and oxygen atoms in total. The number of aryl methyl sites for hydroxylation is 1. The molecule has 0 amide bonds. The molecular weight excluding hydrogens is 294 g/mol. The van der Waals surface area contributed by atoms with E-state index in [2.05, 4.69) is 15.1 Å². The molecule has 0 spiro atoms. The monoisotopic (exact) mass is 315 g/mol. The number of nitrogens with zero attached hydrogens (tertiary/aromatic N) is 3. The summed E-state index contributed by atoms with van der Waals surface area (Å²) in [5.74, 6) is 1.37. The van der Waals surface area contributed by atoms with Gasteiger partial charge in [-0.2, -0.15) is 0 Å². The number of ketones is 1. The Morgan fingerprint density at radius 2 is 2.04 bits per heavy atom. The molecule has 1 aliphatic rings. The molecule has 0 radical (unpaired) electrons. The summed E-state index contributed by atoms with van der Waals surface area (Å²) in [5.41, 5.74) is 0.740. The molecule has 2 heterocycles. The van der Waals surface area contributed by atoms with Gasteiger partial charge in [0.2, 0.25) is 11.8 Å². The van der Waals surface area contributed by atoms with Gasteiger partial charge in [-0.3, -0.25) is 9.69 Å². The molecule has 122 valence electrons. The number of morpholine rings is 1. The minimum Gasteiger partial charge on any atom is -0.424 e. The number of aromatic nitrogens is 2. The summed E-state index contributed by atoms with van der Waals surface area (Å²) in [6.07, 6.45) is 1.16. The van der Waals surface area contributed by atoms with E-state index in [-0.39, 0.29) is 11.8 Å².